The van der Waals surface area contributed by atoms with Gasteiger partial charge in [-0.2, -0.15) is 0 Å². The largest absolute Gasteiger partial charge is 0.303 e. The van der Waals surface area contributed by atoms with Crippen molar-refractivity contribution in [3.8, 4) is 0 Å². The molecule has 0 unspecified atom stereocenters. The molecule has 0 amide bonds. The Labute approximate surface area is 59.4 Å². The molecule has 0 aromatic heterocycles. The molecule has 0 radical (unpaired) electrons. The first kappa shape index (κ1) is 9.01. The van der Waals surface area contributed by atoms with E-state index in [4.69, 9.17) is 0 Å². The van der Waals surface area contributed by atoms with Crippen molar-refractivity contribution < 1.29 is 14.4 Å². The second-order valence-corrected chi connectivity index (χ2v) is 2.11. The summed E-state index contributed by atoms with van der Waals surface area (Å²) in [5.74, 6) is -0.491. The van der Waals surface area contributed by atoms with Crippen LogP contribution in [-0.4, -0.2) is 18.4 Å². The van der Waals surface area contributed by atoms with Gasteiger partial charge >= 0.3 is 0 Å². The summed E-state index contributed by atoms with van der Waals surface area (Å²) in [5, 5.41) is 0. The molecular weight excluding hydrogens is 132 g/mol. The molecule has 3 nitrogen and oxygen atoms in total. The van der Waals surface area contributed by atoms with Gasteiger partial charge in [0.2, 0.25) is 0 Å². The number of hydrogen-bond acceptors (Lipinski definition) is 3. The second kappa shape index (κ2) is 4.85. The van der Waals surface area contributed by atoms with Gasteiger partial charge in [0.1, 0.15) is 18.4 Å². The van der Waals surface area contributed by atoms with Gasteiger partial charge in [0.25, 0.3) is 0 Å². The Kier molecular flexibility index (Phi) is 4.37. The van der Waals surface area contributed by atoms with E-state index in [1.807, 2.05) is 0 Å². The molecule has 0 aromatic rings. The van der Waals surface area contributed by atoms with Gasteiger partial charge in [-0.05, 0) is 6.92 Å². The molecule has 0 rings (SSSR count). The molecule has 0 heterocycles. The average molecular weight is 142 g/mol. The van der Waals surface area contributed by atoms with Crippen molar-refractivity contribution in [2.75, 3.05) is 0 Å². The number of aldehydes is 2. The highest BCUT2D eigenvalue weighted by Gasteiger charge is 2.11. The first-order valence-corrected chi connectivity index (χ1v) is 3.10. The van der Waals surface area contributed by atoms with E-state index < -0.39 is 5.92 Å². The zero-order valence-electron chi connectivity index (χ0n) is 5.87. The molecule has 0 aliphatic carbocycles. The molecule has 0 aromatic carbocycles. The lowest BCUT2D eigenvalue weighted by Gasteiger charge is -2.03. The standard InChI is InChI=1S/C7H10O3/c1-6(10)7(2-4-8)3-5-9/h4-5,7H,2-3H2,1H3. The van der Waals surface area contributed by atoms with Gasteiger partial charge in [-0.1, -0.05) is 0 Å². The molecule has 0 saturated carbocycles. The highest BCUT2D eigenvalue weighted by molar-refractivity contribution is 5.82. The summed E-state index contributed by atoms with van der Waals surface area (Å²) in [6.45, 7) is 1.39. The molecule has 0 saturated heterocycles. The third-order valence-electron chi connectivity index (χ3n) is 1.34. The number of rotatable bonds is 5. The zero-order valence-corrected chi connectivity index (χ0v) is 5.87. The Balaban J connectivity index is 3.83. The summed E-state index contributed by atoms with van der Waals surface area (Å²) in [7, 11) is 0. The van der Waals surface area contributed by atoms with E-state index in [1.54, 1.807) is 0 Å². The van der Waals surface area contributed by atoms with Crippen LogP contribution in [0.1, 0.15) is 19.8 Å². The molecule has 0 bridgehead atoms. The number of Topliss-reactive ketones (excluding diaryl/α,β-unsaturated/α-hetero) is 1. The average Bonchev–Trinajstić information content (AvgIpc) is 1.87. The van der Waals surface area contributed by atoms with Crippen LogP contribution >= 0.6 is 0 Å². The minimum Gasteiger partial charge on any atom is -0.303 e. The van der Waals surface area contributed by atoms with Crippen molar-refractivity contribution in [1.29, 1.82) is 0 Å². The monoisotopic (exact) mass is 142 g/mol. The fourth-order valence-corrected chi connectivity index (χ4v) is 0.660. The predicted octanol–water partition coefficient (Wildman–Crippen LogP) is 0.370. The van der Waals surface area contributed by atoms with E-state index in [0.717, 1.165) is 0 Å². The highest BCUT2D eigenvalue weighted by Crippen LogP contribution is 2.05. The summed E-state index contributed by atoms with van der Waals surface area (Å²) in [6.07, 6.45) is 1.65. The Morgan fingerprint density at radius 3 is 1.90 bits per heavy atom. The molecule has 10 heavy (non-hydrogen) atoms. The third-order valence-corrected chi connectivity index (χ3v) is 1.34. The fourth-order valence-electron chi connectivity index (χ4n) is 0.660. The zero-order chi connectivity index (χ0) is 7.98. The number of hydrogen-bond donors (Lipinski definition) is 0. The molecule has 0 spiro atoms. The summed E-state index contributed by atoms with van der Waals surface area (Å²) in [5.41, 5.74) is 0. The molecule has 3 heteroatoms. The van der Waals surface area contributed by atoms with Gasteiger partial charge in [-0.15, -0.1) is 0 Å². The van der Waals surface area contributed by atoms with Crippen LogP contribution in [0.5, 0.6) is 0 Å². The van der Waals surface area contributed by atoms with Gasteiger partial charge in [0.15, 0.2) is 0 Å². The summed E-state index contributed by atoms with van der Waals surface area (Å²) >= 11 is 0. The lowest BCUT2D eigenvalue weighted by molar-refractivity contribution is -0.125. The van der Waals surface area contributed by atoms with Crippen molar-refractivity contribution in [2.24, 2.45) is 5.92 Å². The minimum absolute atomic E-state index is 0.0980. The molecular formula is C7H10O3. The lowest BCUT2D eigenvalue weighted by Crippen LogP contribution is -2.11. The summed E-state index contributed by atoms with van der Waals surface area (Å²) < 4.78 is 0. The summed E-state index contributed by atoms with van der Waals surface area (Å²) in [4.78, 5) is 30.5. The molecule has 56 valence electrons. The maximum absolute atomic E-state index is 10.6. The number of ketones is 1. The van der Waals surface area contributed by atoms with E-state index in [9.17, 15) is 14.4 Å². The van der Waals surface area contributed by atoms with Crippen molar-refractivity contribution >= 4 is 18.4 Å². The lowest BCUT2D eigenvalue weighted by atomic mass is 9.99. The molecule has 0 fully saturated rings. The second-order valence-electron chi connectivity index (χ2n) is 2.11. The first-order chi connectivity index (χ1) is 4.72. The van der Waals surface area contributed by atoms with Gasteiger partial charge in [0, 0.05) is 18.8 Å². The van der Waals surface area contributed by atoms with E-state index in [2.05, 4.69) is 0 Å². The quantitative estimate of drug-likeness (QED) is 0.521. The Morgan fingerprint density at radius 1 is 1.30 bits per heavy atom. The van der Waals surface area contributed by atoms with Crippen LogP contribution in [0.4, 0.5) is 0 Å². The van der Waals surface area contributed by atoms with Crippen LogP contribution in [0.15, 0.2) is 0 Å². The topological polar surface area (TPSA) is 51.2 Å². The van der Waals surface area contributed by atoms with Crippen LogP contribution < -0.4 is 0 Å². The van der Waals surface area contributed by atoms with Crippen LogP contribution in [0.3, 0.4) is 0 Å². The molecule has 0 aliphatic rings. The highest BCUT2D eigenvalue weighted by atomic mass is 16.1. The van der Waals surface area contributed by atoms with Crippen molar-refractivity contribution in [1.82, 2.24) is 0 Å². The predicted molar refractivity (Wildman–Crippen MR) is 35.5 cm³/mol. The number of carbonyl (C=O) groups is 3. The van der Waals surface area contributed by atoms with E-state index in [1.165, 1.54) is 6.92 Å². The number of carbonyl (C=O) groups excluding carboxylic acids is 3. The van der Waals surface area contributed by atoms with E-state index in [0.29, 0.717) is 12.6 Å². The van der Waals surface area contributed by atoms with Crippen molar-refractivity contribution in [3.05, 3.63) is 0 Å². The fraction of sp³-hybridized carbons (Fsp3) is 0.571. The van der Waals surface area contributed by atoms with E-state index in [-0.39, 0.29) is 18.6 Å². The van der Waals surface area contributed by atoms with Crippen molar-refractivity contribution in [2.45, 2.75) is 19.8 Å². The molecule has 0 N–H and O–H groups in total. The van der Waals surface area contributed by atoms with Crippen LogP contribution in [0, 0.1) is 5.92 Å². The van der Waals surface area contributed by atoms with Gasteiger partial charge < -0.3 is 9.59 Å². The van der Waals surface area contributed by atoms with Gasteiger partial charge in [-0.25, -0.2) is 0 Å². The minimum atomic E-state index is -0.394. The van der Waals surface area contributed by atoms with Gasteiger partial charge in [-0.3, -0.25) is 4.79 Å². The van der Waals surface area contributed by atoms with Crippen LogP contribution in [0.2, 0.25) is 0 Å². The maximum Gasteiger partial charge on any atom is 0.133 e. The Bertz CT molecular complexity index is 130. The van der Waals surface area contributed by atoms with Crippen LogP contribution in [-0.2, 0) is 14.4 Å². The SMILES string of the molecule is CC(=O)C(CC=O)CC=O. The Morgan fingerprint density at radius 2 is 1.70 bits per heavy atom. The van der Waals surface area contributed by atoms with Gasteiger partial charge in [0.05, 0.1) is 0 Å². The molecule has 0 atom stereocenters. The Hall–Kier alpha value is -0.990. The summed E-state index contributed by atoms with van der Waals surface area (Å²) in [6, 6.07) is 0. The van der Waals surface area contributed by atoms with Crippen molar-refractivity contribution in [3.63, 3.8) is 0 Å². The molecule has 0 aliphatic heterocycles. The van der Waals surface area contributed by atoms with E-state index >= 15 is 0 Å². The first-order valence-electron chi connectivity index (χ1n) is 3.10. The third kappa shape index (κ3) is 3.12. The maximum atomic E-state index is 10.6. The smallest absolute Gasteiger partial charge is 0.133 e. The normalized spacial score (nSPS) is 9.40. The van der Waals surface area contributed by atoms with Crippen LogP contribution in [0.25, 0.3) is 0 Å².